The average Bonchev–Trinajstić information content (AvgIpc) is 3.30. The van der Waals surface area contributed by atoms with E-state index in [1.165, 1.54) is 12.5 Å². The van der Waals surface area contributed by atoms with Gasteiger partial charge in [0.1, 0.15) is 23.0 Å². The summed E-state index contributed by atoms with van der Waals surface area (Å²) in [4.78, 5) is 27.1. The second-order valence-electron chi connectivity index (χ2n) is 16.3. The number of esters is 1. The van der Waals surface area contributed by atoms with E-state index in [4.69, 9.17) is 18.9 Å². The van der Waals surface area contributed by atoms with Crippen LogP contribution in [-0.2, 0) is 22.0 Å². The molecule has 0 spiro atoms. The third-order valence-electron chi connectivity index (χ3n) is 12.4. The Hall–Kier alpha value is -7.12. The second kappa shape index (κ2) is 18.9. The first-order valence-electron chi connectivity index (χ1n) is 21.5. The zero-order valence-corrected chi connectivity index (χ0v) is 37.4. The lowest BCUT2D eigenvalue weighted by molar-refractivity contribution is -0.131. The molecule has 0 bridgehead atoms. The molecule has 7 heteroatoms. The van der Waals surface area contributed by atoms with Crippen molar-refractivity contribution in [3.63, 3.8) is 0 Å². The third-order valence-corrected chi connectivity index (χ3v) is 12.4. The van der Waals surface area contributed by atoms with Crippen molar-refractivity contribution in [3.8, 4) is 23.0 Å². The second-order valence-corrected chi connectivity index (χ2v) is 16.3. The summed E-state index contributed by atoms with van der Waals surface area (Å²) in [6, 6.07) is 55.4. The van der Waals surface area contributed by atoms with Crippen molar-refractivity contribution >= 4 is 29.2 Å². The van der Waals surface area contributed by atoms with Gasteiger partial charge in [0.05, 0.1) is 7.11 Å². The summed E-state index contributed by atoms with van der Waals surface area (Å²) >= 11 is 0. The maximum Gasteiger partial charge on any atom is 0.519 e. The van der Waals surface area contributed by atoms with Gasteiger partial charge in [-0.05, 0) is 151 Å². The van der Waals surface area contributed by atoms with Crippen molar-refractivity contribution in [1.82, 2.24) is 0 Å². The normalized spacial score (nSPS) is 13.0. The summed E-state index contributed by atoms with van der Waals surface area (Å²) in [7, 11) is 1.67. The number of ether oxygens (including phenoxy) is 4. The van der Waals surface area contributed by atoms with Gasteiger partial charge in [-0.1, -0.05) is 112 Å². The number of benzene rings is 7. The zero-order valence-electron chi connectivity index (χ0n) is 37.4. The van der Waals surface area contributed by atoms with E-state index in [-0.39, 0.29) is 11.4 Å². The zero-order chi connectivity index (χ0) is 44.7. The molecule has 0 N–H and O–H groups in total. The molecule has 0 aliphatic rings. The Kier molecular flexibility index (Phi) is 13.2. The van der Waals surface area contributed by atoms with Crippen LogP contribution in [-0.4, -0.2) is 19.2 Å². The first-order valence-corrected chi connectivity index (χ1v) is 21.5. The van der Waals surface area contributed by atoms with Gasteiger partial charge in [-0.15, -0.1) is 0 Å². The highest BCUT2D eigenvalue weighted by Gasteiger charge is 2.32. The molecule has 2 atom stereocenters. The number of aryl methyl sites for hydroxylation is 3. The molecular formula is C56H55NO6. The van der Waals surface area contributed by atoms with E-state index in [9.17, 15) is 9.59 Å². The molecule has 0 heterocycles. The predicted molar refractivity (Wildman–Crippen MR) is 253 cm³/mol. The van der Waals surface area contributed by atoms with Crippen LogP contribution in [0.5, 0.6) is 23.0 Å². The Bertz CT molecular complexity index is 2690. The topological polar surface area (TPSA) is 74.3 Å². The molecule has 320 valence electrons. The highest BCUT2D eigenvalue weighted by Crippen LogP contribution is 2.43. The van der Waals surface area contributed by atoms with Crippen LogP contribution in [0, 0.1) is 13.8 Å². The van der Waals surface area contributed by atoms with Gasteiger partial charge < -0.3 is 23.8 Å². The molecule has 7 aromatic carbocycles. The van der Waals surface area contributed by atoms with E-state index in [2.05, 4.69) is 124 Å². The standard InChI is InChI=1S/C56H55NO6/c1-9-41-15-14-18-49(37-41)57(47-16-12-11-13-17-47)48-27-19-42(20-28-48)56(7,43-21-29-50(60-8)30-22-43)44-23-31-51(32-24-44)62-54(59)63-53-34-26-46(36-39(53)4)55(6,10-2)45-25-33-52(38(3)35-45)61-40(5)58/h11-37H,9-10H2,1-8H3. The Labute approximate surface area is 371 Å². The highest BCUT2D eigenvalue weighted by molar-refractivity contribution is 5.77. The van der Waals surface area contributed by atoms with Crippen molar-refractivity contribution in [1.29, 1.82) is 0 Å². The SMILES string of the molecule is CCc1cccc(N(c2ccccc2)c2ccc(C(C)(c3ccc(OC)cc3)c3ccc(OC(=O)Oc4ccc(C(C)(CC)c5ccc(OC(C)=O)c(C)c5)cc4C)cc3)cc2)c1. The number of methoxy groups -OCH3 is 1. The van der Waals surface area contributed by atoms with Crippen molar-refractivity contribution in [2.24, 2.45) is 0 Å². The Morgan fingerprint density at radius 1 is 0.524 bits per heavy atom. The summed E-state index contributed by atoms with van der Waals surface area (Å²) in [6.07, 6.45) is 0.947. The number of hydrogen-bond donors (Lipinski definition) is 0. The summed E-state index contributed by atoms with van der Waals surface area (Å²) in [5.41, 5.74) is 10.6. The van der Waals surface area contributed by atoms with Crippen LogP contribution in [0.25, 0.3) is 0 Å². The quantitative estimate of drug-likeness (QED) is 0.0467. The van der Waals surface area contributed by atoms with E-state index in [1.54, 1.807) is 7.11 Å². The van der Waals surface area contributed by atoms with Gasteiger partial charge >= 0.3 is 12.1 Å². The molecule has 7 rings (SSSR count). The minimum atomic E-state index is -0.825. The van der Waals surface area contributed by atoms with Gasteiger partial charge in [-0.3, -0.25) is 4.79 Å². The fraction of sp³-hybridized carbons (Fsp3) is 0.214. The number of rotatable bonds is 14. The fourth-order valence-corrected chi connectivity index (χ4v) is 8.32. The molecule has 7 aromatic rings. The molecule has 0 saturated carbocycles. The summed E-state index contributed by atoms with van der Waals surface area (Å²) in [5, 5.41) is 0. The summed E-state index contributed by atoms with van der Waals surface area (Å²) in [6.45, 7) is 14.0. The molecule has 0 aliphatic heterocycles. The number of carbonyl (C=O) groups excluding carboxylic acids is 2. The largest absolute Gasteiger partial charge is 0.519 e. The molecule has 7 nitrogen and oxygen atoms in total. The molecule has 0 amide bonds. The summed E-state index contributed by atoms with van der Waals surface area (Å²) < 4.78 is 22.4. The van der Waals surface area contributed by atoms with E-state index >= 15 is 0 Å². The lowest BCUT2D eigenvalue weighted by Crippen LogP contribution is -2.25. The van der Waals surface area contributed by atoms with Crippen LogP contribution in [0.1, 0.15) is 85.5 Å². The van der Waals surface area contributed by atoms with Gasteiger partial charge in [0.15, 0.2) is 0 Å². The maximum atomic E-state index is 13.3. The number of para-hydroxylation sites is 1. The number of carbonyl (C=O) groups is 2. The third kappa shape index (κ3) is 9.38. The van der Waals surface area contributed by atoms with E-state index in [0.29, 0.717) is 17.2 Å². The van der Waals surface area contributed by atoms with Crippen molar-refractivity contribution in [3.05, 3.63) is 208 Å². The molecular weight excluding hydrogens is 783 g/mol. The first-order chi connectivity index (χ1) is 30.4. The fourth-order valence-electron chi connectivity index (χ4n) is 8.32. The van der Waals surface area contributed by atoms with Crippen LogP contribution >= 0.6 is 0 Å². The minimum absolute atomic E-state index is 0.336. The van der Waals surface area contributed by atoms with Crippen LogP contribution < -0.4 is 23.8 Å². The van der Waals surface area contributed by atoms with E-state index in [0.717, 1.165) is 74.6 Å². The molecule has 0 saturated heterocycles. The number of hydrogen-bond acceptors (Lipinski definition) is 7. The molecule has 63 heavy (non-hydrogen) atoms. The minimum Gasteiger partial charge on any atom is -0.497 e. The van der Waals surface area contributed by atoms with Gasteiger partial charge in [-0.25, -0.2) is 4.79 Å². The smallest absolute Gasteiger partial charge is 0.497 e. The monoisotopic (exact) mass is 837 g/mol. The molecule has 0 radical (unpaired) electrons. The lowest BCUT2D eigenvalue weighted by Gasteiger charge is -2.33. The van der Waals surface area contributed by atoms with Crippen molar-refractivity contribution in [2.45, 2.75) is 72.1 Å². The number of nitrogens with zero attached hydrogens (tertiary/aromatic N) is 1. The van der Waals surface area contributed by atoms with Crippen LogP contribution in [0.15, 0.2) is 164 Å². The van der Waals surface area contributed by atoms with Gasteiger partial charge in [0.2, 0.25) is 0 Å². The van der Waals surface area contributed by atoms with Crippen LogP contribution in [0.2, 0.25) is 0 Å². The Balaban J connectivity index is 1.12. The Morgan fingerprint density at radius 2 is 1.02 bits per heavy atom. The molecule has 2 unspecified atom stereocenters. The van der Waals surface area contributed by atoms with E-state index < -0.39 is 11.6 Å². The summed E-state index contributed by atoms with van der Waals surface area (Å²) in [5.74, 6) is 1.76. The number of anilines is 3. The van der Waals surface area contributed by atoms with Crippen LogP contribution in [0.4, 0.5) is 21.9 Å². The van der Waals surface area contributed by atoms with Crippen LogP contribution in [0.3, 0.4) is 0 Å². The first kappa shape index (κ1) is 44.0. The van der Waals surface area contributed by atoms with Crippen molar-refractivity contribution < 1.29 is 28.5 Å². The van der Waals surface area contributed by atoms with E-state index in [1.807, 2.05) is 86.6 Å². The lowest BCUT2D eigenvalue weighted by atomic mass is 9.71. The highest BCUT2D eigenvalue weighted by atomic mass is 16.7. The average molecular weight is 838 g/mol. The van der Waals surface area contributed by atoms with Crippen molar-refractivity contribution in [2.75, 3.05) is 12.0 Å². The molecule has 0 aliphatic carbocycles. The van der Waals surface area contributed by atoms with Gasteiger partial charge in [0, 0.05) is 34.8 Å². The predicted octanol–water partition coefficient (Wildman–Crippen LogP) is 13.9. The van der Waals surface area contributed by atoms with Gasteiger partial charge in [0.25, 0.3) is 0 Å². The Morgan fingerprint density at radius 3 is 1.52 bits per heavy atom. The maximum absolute atomic E-state index is 13.3. The molecule has 0 aromatic heterocycles. The van der Waals surface area contributed by atoms with Gasteiger partial charge in [-0.2, -0.15) is 0 Å². The molecule has 0 fully saturated rings.